The number of ether oxygens (including phenoxy) is 1. The molecule has 1 N–H and O–H groups in total. The molecule has 2 heterocycles. The molecule has 2 unspecified atom stereocenters. The van der Waals surface area contributed by atoms with Crippen molar-refractivity contribution in [3.63, 3.8) is 0 Å². The van der Waals surface area contributed by atoms with Crippen molar-refractivity contribution in [2.75, 3.05) is 18.5 Å². The third-order valence-corrected chi connectivity index (χ3v) is 7.64. The number of nitrogens with one attached hydrogen (secondary N) is 1. The quantitative estimate of drug-likeness (QED) is 0.594. The second-order valence-electron chi connectivity index (χ2n) is 8.52. The number of carbonyl (C=O) groups is 2. The highest BCUT2D eigenvalue weighted by atomic mass is 35.5. The largest absolute Gasteiger partial charge is 0.376 e. The van der Waals surface area contributed by atoms with Crippen LogP contribution in [0.5, 0.6) is 0 Å². The number of nitrogens with zero attached hydrogens (tertiary/aromatic N) is 2. The normalized spacial score (nSPS) is 21.8. The fourth-order valence-electron chi connectivity index (χ4n) is 3.90. The molecule has 2 aliphatic heterocycles. The standard InChI is InChI=1S/C25H28ClN3O3S/c1-15-9-10-18(12-16(15)2)27-25-29(14-19-6-5-11-32-19)24(31)22(33-25)13-23(30)28-21-8-4-7-20(26)17(21)3/h4,7-10,12,19,22H,5-6,11,13-14H2,1-3H3,(H,28,30). The van der Waals surface area contributed by atoms with E-state index in [1.165, 1.54) is 17.3 Å². The number of hydrogen-bond donors (Lipinski definition) is 1. The predicted molar refractivity (Wildman–Crippen MR) is 135 cm³/mol. The Hall–Kier alpha value is -2.35. The molecule has 4 rings (SSSR count). The third kappa shape index (κ3) is 5.60. The number of amides is 2. The summed E-state index contributed by atoms with van der Waals surface area (Å²) >= 11 is 7.51. The van der Waals surface area contributed by atoms with E-state index >= 15 is 0 Å². The summed E-state index contributed by atoms with van der Waals surface area (Å²) < 4.78 is 5.77. The average molecular weight is 486 g/mol. The molecule has 6 nitrogen and oxygen atoms in total. The van der Waals surface area contributed by atoms with Gasteiger partial charge in [-0.25, -0.2) is 4.99 Å². The predicted octanol–water partition coefficient (Wildman–Crippen LogP) is 5.40. The van der Waals surface area contributed by atoms with Gasteiger partial charge < -0.3 is 10.1 Å². The summed E-state index contributed by atoms with van der Waals surface area (Å²) in [6.45, 7) is 7.13. The van der Waals surface area contributed by atoms with Crippen LogP contribution in [0, 0.1) is 20.8 Å². The molecular weight excluding hydrogens is 458 g/mol. The zero-order valence-corrected chi connectivity index (χ0v) is 20.6. The van der Waals surface area contributed by atoms with Gasteiger partial charge in [-0.2, -0.15) is 0 Å². The average Bonchev–Trinajstić information content (AvgIpc) is 3.38. The van der Waals surface area contributed by atoms with Crippen molar-refractivity contribution in [2.45, 2.75) is 51.4 Å². The monoisotopic (exact) mass is 485 g/mol. The van der Waals surface area contributed by atoms with Crippen LogP contribution in [0.2, 0.25) is 5.02 Å². The van der Waals surface area contributed by atoms with E-state index in [-0.39, 0.29) is 24.3 Å². The lowest BCUT2D eigenvalue weighted by atomic mass is 10.1. The molecule has 2 saturated heterocycles. The summed E-state index contributed by atoms with van der Waals surface area (Å²) in [6.07, 6.45) is 1.98. The minimum Gasteiger partial charge on any atom is -0.376 e. The zero-order valence-electron chi connectivity index (χ0n) is 19.1. The molecule has 2 amide bonds. The van der Waals surface area contributed by atoms with Crippen LogP contribution in [-0.4, -0.2) is 46.4 Å². The summed E-state index contributed by atoms with van der Waals surface area (Å²) in [5.74, 6) is -0.327. The first-order chi connectivity index (χ1) is 15.8. The van der Waals surface area contributed by atoms with Gasteiger partial charge in [-0.1, -0.05) is 35.5 Å². The Kier molecular flexibility index (Phi) is 7.41. The van der Waals surface area contributed by atoms with Gasteiger partial charge in [0.1, 0.15) is 5.25 Å². The van der Waals surface area contributed by atoms with Crippen LogP contribution in [0.1, 0.15) is 36.0 Å². The molecule has 174 valence electrons. The molecule has 2 aliphatic rings. The number of aryl methyl sites for hydroxylation is 2. The molecular formula is C25H28ClN3O3S. The molecule has 0 aliphatic carbocycles. The van der Waals surface area contributed by atoms with E-state index in [1.54, 1.807) is 23.1 Å². The number of hydrogen-bond acceptors (Lipinski definition) is 5. The number of amidine groups is 1. The van der Waals surface area contributed by atoms with E-state index in [2.05, 4.69) is 12.2 Å². The van der Waals surface area contributed by atoms with Crippen molar-refractivity contribution in [1.82, 2.24) is 4.90 Å². The minimum atomic E-state index is -0.531. The maximum atomic E-state index is 13.3. The van der Waals surface area contributed by atoms with Crippen molar-refractivity contribution in [2.24, 2.45) is 4.99 Å². The number of anilines is 1. The molecule has 2 fully saturated rings. The topological polar surface area (TPSA) is 71.0 Å². The molecule has 2 aromatic rings. The fraction of sp³-hybridized carbons (Fsp3) is 0.400. The van der Waals surface area contributed by atoms with E-state index in [0.29, 0.717) is 29.0 Å². The number of thioether (sulfide) groups is 1. The van der Waals surface area contributed by atoms with Crippen molar-refractivity contribution in [3.05, 3.63) is 58.1 Å². The Morgan fingerprint density at radius 1 is 1.24 bits per heavy atom. The van der Waals surface area contributed by atoms with Gasteiger partial charge in [0.05, 0.1) is 18.3 Å². The lowest BCUT2D eigenvalue weighted by Crippen LogP contribution is -2.38. The van der Waals surface area contributed by atoms with Crippen molar-refractivity contribution in [3.8, 4) is 0 Å². The van der Waals surface area contributed by atoms with Gasteiger partial charge in [-0.05, 0) is 74.6 Å². The SMILES string of the molecule is Cc1ccc(N=C2SC(CC(=O)Nc3cccc(Cl)c3C)C(=O)N2CC2CCCO2)cc1C. The van der Waals surface area contributed by atoms with Crippen molar-refractivity contribution < 1.29 is 14.3 Å². The third-order valence-electron chi connectivity index (χ3n) is 6.06. The van der Waals surface area contributed by atoms with Crippen molar-refractivity contribution >= 4 is 51.7 Å². The zero-order chi connectivity index (χ0) is 23.5. The van der Waals surface area contributed by atoms with Gasteiger partial charge in [0.2, 0.25) is 11.8 Å². The summed E-state index contributed by atoms with van der Waals surface area (Å²) in [7, 11) is 0. The van der Waals surface area contributed by atoms with Crippen LogP contribution in [0.25, 0.3) is 0 Å². The highest BCUT2D eigenvalue weighted by Crippen LogP contribution is 2.33. The minimum absolute atomic E-state index is 0.00110. The number of halogens is 1. The Morgan fingerprint density at radius 3 is 2.79 bits per heavy atom. The Morgan fingerprint density at radius 2 is 2.06 bits per heavy atom. The first-order valence-corrected chi connectivity index (χ1v) is 12.4. The fourth-order valence-corrected chi connectivity index (χ4v) is 5.24. The highest BCUT2D eigenvalue weighted by molar-refractivity contribution is 8.15. The molecule has 33 heavy (non-hydrogen) atoms. The van der Waals surface area contributed by atoms with Gasteiger partial charge in [0.15, 0.2) is 5.17 Å². The first-order valence-electron chi connectivity index (χ1n) is 11.1. The maximum Gasteiger partial charge on any atom is 0.242 e. The van der Waals surface area contributed by atoms with Crippen molar-refractivity contribution in [1.29, 1.82) is 0 Å². The van der Waals surface area contributed by atoms with Crippen LogP contribution >= 0.6 is 23.4 Å². The number of aliphatic imine (C=N–C) groups is 1. The first kappa shape index (κ1) is 23.8. The second-order valence-corrected chi connectivity index (χ2v) is 10.1. The molecule has 2 atom stereocenters. The van der Waals surface area contributed by atoms with Crippen LogP contribution in [0.4, 0.5) is 11.4 Å². The highest BCUT2D eigenvalue weighted by Gasteiger charge is 2.40. The number of carbonyl (C=O) groups excluding carboxylic acids is 2. The maximum absolute atomic E-state index is 13.3. The second kappa shape index (κ2) is 10.3. The van der Waals surface area contributed by atoms with E-state index in [1.807, 2.05) is 32.0 Å². The molecule has 0 bridgehead atoms. The molecule has 8 heteroatoms. The Labute approximate surface area is 203 Å². The lowest BCUT2D eigenvalue weighted by Gasteiger charge is -2.20. The van der Waals surface area contributed by atoms with Crippen LogP contribution in [0.3, 0.4) is 0 Å². The Balaban J connectivity index is 1.52. The van der Waals surface area contributed by atoms with Crippen LogP contribution < -0.4 is 5.32 Å². The Bertz CT molecular complexity index is 1100. The van der Waals surface area contributed by atoms with Gasteiger partial charge >= 0.3 is 0 Å². The number of benzene rings is 2. The number of rotatable bonds is 6. The van der Waals surface area contributed by atoms with E-state index < -0.39 is 5.25 Å². The van der Waals surface area contributed by atoms with E-state index in [9.17, 15) is 9.59 Å². The van der Waals surface area contributed by atoms with Gasteiger partial charge in [0.25, 0.3) is 0 Å². The lowest BCUT2D eigenvalue weighted by molar-refractivity contribution is -0.129. The molecule has 0 radical (unpaired) electrons. The van der Waals surface area contributed by atoms with E-state index in [0.717, 1.165) is 29.7 Å². The van der Waals surface area contributed by atoms with E-state index in [4.69, 9.17) is 21.3 Å². The summed E-state index contributed by atoms with van der Waals surface area (Å²) in [5, 5.41) is 3.57. The molecule has 0 saturated carbocycles. The van der Waals surface area contributed by atoms with Gasteiger partial charge in [-0.3, -0.25) is 14.5 Å². The van der Waals surface area contributed by atoms with Gasteiger partial charge in [0, 0.05) is 23.7 Å². The summed E-state index contributed by atoms with van der Waals surface area (Å²) in [4.78, 5) is 32.5. The van der Waals surface area contributed by atoms with Gasteiger partial charge in [-0.15, -0.1) is 0 Å². The molecule has 0 spiro atoms. The molecule has 0 aromatic heterocycles. The van der Waals surface area contributed by atoms with Crippen LogP contribution in [-0.2, 0) is 14.3 Å². The molecule has 2 aromatic carbocycles. The summed E-state index contributed by atoms with van der Waals surface area (Å²) in [6, 6.07) is 11.4. The van der Waals surface area contributed by atoms with Crippen LogP contribution in [0.15, 0.2) is 41.4 Å². The summed E-state index contributed by atoms with van der Waals surface area (Å²) in [5.41, 5.74) is 4.59. The smallest absolute Gasteiger partial charge is 0.242 e.